The van der Waals surface area contributed by atoms with Gasteiger partial charge in [-0.1, -0.05) is 23.7 Å². The molecule has 0 radical (unpaired) electrons. The van der Waals surface area contributed by atoms with E-state index in [0.29, 0.717) is 29.3 Å². The van der Waals surface area contributed by atoms with Gasteiger partial charge in [0.05, 0.1) is 0 Å². The number of hydrogen-bond acceptors (Lipinski definition) is 8. The first-order valence-corrected chi connectivity index (χ1v) is 13.0. The summed E-state index contributed by atoms with van der Waals surface area (Å²) in [4.78, 5) is 49.1. The predicted molar refractivity (Wildman–Crippen MR) is 149 cm³/mol. The SMILES string of the molecule is CC(C)(C)OC(=O)NC(C)(C)C(=O)OCOC(=O)C(C)(C)Oc1ccc(CCNC(=O)c2ccc(Cl)cc2)cc1. The van der Waals surface area contributed by atoms with Crippen LogP contribution in [-0.2, 0) is 30.2 Å². The van der Waals surface area contributed by atoms with Crippen LogP contribution in [0, 0.1) is 0 Å². The van der Waals surface area contributed by atoms with Gasteiger partial charge in [0.25, 0.3) is 5.91 Å². The molecule has 0 spiro atoms. The molecule has 10 nitrogen and oxygen atoms in total. The van der Waals surface area contributed by atoms with Crippen molar-refractivity contribution in [2.45, 2.75) is 71.6 Å². The number of carbonyl (C=O) groups excluding carboxylic acids is 4. The lowest BCUT2D eigenvalue weighted by Gasteiger charge is -2.27. The standard InChI is InChI=1S/C29H37ClN2O8/c1-27(2,3)40-26(36)32-28(4,5)24(34)37-18-38-25(35)29(6,7)39-22-14-8-19(9-15-22)16-17-31-23(33)20-10-12-21(30)13-11-20/h8-15H,16-18H2,1-7H3,(H,31,33)(H,32,36). The van der Waals surface area contributed by atoms with E-state index in [1.807, 2.05) is 12.1 Å². The normalized spacial score (nSPS) is 11.7. The van der Waals surface area contributed by atoms with E-state index in [9.17, 15) is 19.2 Å². The molecule has 11 heteroatoms. The lowest BCUT2D eigenvalue weighted by molar-refractivity contribution is -0.180. The van der Waals surface area contributed by atoms with E-state index in [4.69, 9.17) is 30.5 Å². The third kappa shape index (κ3) is 10.8. The van der Waals surface area contributed by atoms with Gasteiger partial charge in [0.2, 0.25) is 6.79 Å². The summed E-state index contributed by atoms with van der Waals surface area (Å²) >= 11 is 5.85. The summed E-state index contributed by atoms with van der Waals surface area (Å²) in [5.74, 6) is -1.34. The Kier molecular flexibility index (Phi) is 11.0. The Balaban J connectivity index is 1.78. The third-order valence-electron chi connectivity index (χ3n) is 5.30. The van der Waals surface area contributed by atoms with Crippen molar-refractivity contribution in [2.24, 2.45) is 0 Å². The van der Waals surface area contributed by atoms with Gasteiger partial charge < -0.3 is 29.6 Å². The molecule has 2 N–H and O–H groups in total. The molecule has 2 amide bonds. The molecular formula is C29H37ClN2O8. The number of benzene rings is 2. The van der Waals surface area contributed by atoms with Gasteiger partial charge in [-0.2, -0.15) is 0 Å². The van der Waals surface area contributed by atoms with E-state index in [0.717, 1.165) is 5.56 Å². The Morgan fingerprint density at radius 2 is 1.38 bits per heavy atom. The fraction of sp³-hybridized carbons (Fsp3) is 0.448. The fourth-order valence-electron chi connectivity index (χ4n) is 3.18. The van der Waals surface area contributed by atoms with Crippen LogP contribution in [0.25, 0.3) is 0 Å². The molecular weight excluding hydrogens is 540 g/mol. The number of carbonyl (C=O) groups is 4. The average molecular weight is 577 g/mol. The van der Waals surface area contributed by atoms with Gasteiger partial charge in [0.15, 0.2) is 5.60 Å². The van der Waals surface area contributed by atoms with E-state index in [1.165, 1.54) is 27.7 Å². The zero-order chi connectivity index (χ0) is 30.1. The Bertz CT molecular complexity index is 1190. The number of halogens is 1. The van der Waals surface area contributed by atoms with Gasteiger partial charge in [0.1, 0.15) is 16.9 Å². The Hall–Kier alpha value is -3.79. The lowest BCUT2D eigenvalue weighted by Crippen LogP contribution is -2.52. The van der Waals surface area contributed by atoms with Crippen molar-refractivity contribution >= 4 is 35.5 Å². The molecule has 0 heterocycles. The Labute approximate surface area is 239 Å². The highest BCUT2D eigenvalue weighted by atomic mass is 35.5. The van der Waals surface area contributed by atoms with Gasteiger partial charge in [-0.25, -0.2) is 14.4 Å². The fourth-order valence-corrected chi connectivity index (χ4v) is 3.31. The second-order valence-corrected chi connectivity index (χ2v) is 11.4. The third-order valence-corrected chi connectivity index (χ3v) is 5.55. The van der Waals surface area contributed by atoms with Crippen molar-refractivity contribution in [1.82, 2.24) is 10.6 Å². The second kappa shape index (κ2) is 13.5. The molecule has 0 aliphatic carbocycles. The monoisotopic (exact) mass is 576 g/mol. The first-order chi connectivity index (χ1) is 18.5. The van der Waals surface area contributed by atoms with Crippen LogP contribution in [-0.4, -0.2) is 54.0 Å². The molecule has 0 unspecified atom stereocenters. The lowest BCUT2D eigenvalue weighted by atomic mass is 10.1. The van der Waals surface area contributed by atoms with E-state index < -0.39 is 41.6 Å². The van der Waals surface area contributed by atoms with Crippen LogP contribution in [0.2, 0.25) is 5.02 Å². The number of nitrogens with one attached hydrogen (secondary N) is 2. The van der Waals surface area contributed by atoms with Crippen LogP contribution in [0.1, 0.15) is 64.4 Å². The molecule has 2 aromatic carbocycles. The molecule has 0 saturated heterocycles. The van der Waals surface area contributed by atoms with Crippen molar-refractivity contribution in [3.05, 3.63) is 64.7 Å². The number of ether oxygens (including phenoxy) is 4. The van der Waals surface area contributed by atoms with Gasteiger partial charge in [-0.3, -0.25) is 4.79 Å². The second-order valence-electron chi connectivity index (χ2n) is 11.0. The molecule has 0 aromatic heterocycles. The van der Waals surface area contributed by atoms with Gasteiger partial charge in [-0.15, -0.1) is 0 Å². The van der Waals surface area contributed by atoms with Crippen LogP contribution in [0.3, 0.4) is 0 Å². The largest absolute Gasteiger partial charge is 0.476 e. The van der Waals surface area contributed by atoms with Crippen LogP contribution in [0.4, 0.5) is 4.79 Å². The summed E-state index contributed by atoms with van der Waals surface area (Å²) in [7, 11) is 0. The summed E-state index contributed by atoms with van der Waals surface area (Å²) in [6.07, 6.45) is -0.190. The molecule has 218 valence electrons. The van der Waals surface area contributed by atoms with E-state index >= 15 is 0 Å². The van der Waals surface area contributed by atoms with E-state index in [2.05, 4.69) is 10.6 Å². The molecule has 0 bridgehead atoms. The van der Waals surface area contributed by atoms with Crippen molar-refractivity contribution in [3.63, 3.8) is 0 Å². The van der Waals surface area contributed by atoms with Crippen molar-refractivity contribution in [3.8, 4) is 5.75 Å². The van der Waals surface area contributed by atoms with Crippen molar-refractivity contribution in [1.29, 1.82) is 0 Å². The summed E-state index contributed by atoms with van der Waals surface area (Å²) < 4.78 is 21.0. The van der Waals surface area contributed by atoms with E-state index in [1.54, 1.807) is 57.2 Å². The van der Waals surface area contributed by atoms with Crippen molar-refractivity contribution < 1.29 is 38.1 Å². The maximum atomic E-state index is 12.6. The van der Waals surface area contributed by atoms with Crippen molar-refractivity contribution in [2.75, 3.05) is 13.3 Å². The van der Waals surface area contributed by atoms with Crippen LogP contribution in [0.15, 0.2) is 48.5 Å². The Morgan fingerprint density at radius 3 is 1.95 bits per heavy atom. The maximum Gasteiger partial charge on any atom is 0.408 e. The number of hydrogen-bond donors (Lipinski definition) is 2. The highest BCUT2D eigenvalue weighted by Gasteiger charge is 2.35. The topological polar surface area (TPSA) is 129 Å². The minimum atomic E-state index is -1.42. The van der Waals surface area contributed by atoms with Crippen LogP contribution in [0.5, 0.6) is 5.75 Å². The summed E-state index contributed by atoms with van der Waals surface area (Å²) in [6, 6.07) is 13.7. The number of alkyl carbamates (subject to hydrolysis) is 1. The molecule has 0 atom stereocenters. The highest BCUT2D eigenvalue weighted by Crippen LogP contribution is 2.21. The number of esters is 2. The summed E-state index contributed by atoms with van der Waals surface area (Å²) in [5.41, 5.74) is -2.05. The van der Waals surface area contributed by atoms with Gasteiger partial charge >= 0.3 is 18.0 Å². The molecule has 2 rings (SSSR count). The van der Waals surface area contributed by atoms with Crippen LogP contribution < -0.4 is 15.4 Å². The van der Waals surface area contributed by atoms with Crippen LogP contribution >= 0.6 is 11.6 Å². The smallest absolute Gasteiger partial charge is 0.408 e. The minimum absolute atomic E-state index is 0.189. The zero-order valence-electron chi connectivity index (χ0n) is 23.9. The molecule has 40 heavy (non-hydrogen) atoms. The van der Waals surface area contributed by atoms with E-state index in [-0.39, 0.29) is 5.91 Å². The first kappa shape index (κ1) is 32.4. The minimum Gasteiger partial charge on any atom is -0.476 e. The quantitative estimate of drug-likeness (QED) is 0.288. The summed E-state index contributed by atoms with van der Waals surface area (Å²) in [5, 5.41) is 5.83. The number of rotatable bonds is 11. The zero-order valence-corrected chi connectivity index (χ0v) is 24.6. The number of amides is 2. The van der Waals surface area contributed by atoms with Gasteiger partial charge in [0, 0.05) is 17.1 Å². The molecule has 0 saturated carbocycles. The predicted octanol–water partition coefficient (Wildman–Crippen LogP) is 4.82. The molecule has 0 fully saturated rings. The first-order valence-electron chi connectivity index (χ1n) is 12.7. The molecule has 0 aliphatic heterocycles. The molecule has 2 aromatic rings. The summed E-state index contributed by atoms with van der Waals surface area (Å²) in [6.45, 7) is 10.8. The average Bonchev–Trinajstić information content (AvgIpc) is 2.83. The Morgan fingerprint density at radius 1 is 0.800 bits per heavy atom. The highest BCUT2D eigenvalue weighted by molar-refractivity contribution is 6.30. The van der Waals surface area contributed by atoms with Gasteiger partial charge in [-0.05, 0) is 96.8 Å². The maximum absolute atomic E-state index is 12.6. The molecule has 0 aliphatic rings.